The summed E-state index contributed by atoms with van der Waals surface area (Å²) in [6.07, 6.45) is 0.662. The minimum absolute atomic E-state index is 0.000617. The number of sulfone groups is 1. The monoisotopic (exact) mass is 302 g/mol. The van der Waals surface area contributed by atoms with E-state index in [9.17, 15) is 8.42 Å². The Bertz CT molecular complexity index is 587. The van der Waals surface area contributed by atoms with Gasteiger partial charge < -0.3 is 4.90 Å². The lowest BCUT2D eigenvalue weighted by atomic mass is 10.1. The van der Waals surface area contributed by atoms with Gasteiger partial charge in [0.05, 0.1) is 17.4 Å². The highest BCUT2D eigenvalue weighted by atomic mass is 35.5. The Kier molecular flexibility index (Phi) is 4.06. The molecular weight excluding hydrogens is 284 g/mol. The Morgan fingerprint density at radius 2 is 2.16 bits per heavy atom. The lowest BCUT2D eigenvalue weighted by Crippen LogP contribution is -2.34. The first-order valence-corrected chi connectivity index (χ1v) is 8.66. The molecule has 1 saturated heterocycles. The van der Waals surface area contributed by atoms with Crippen molar-refractivity contribution in [3.63, 3.8) is 0 Å². The number of alkyl halides is 1. The third kappa shape index (κ3) is 3.03. The highest BCUT2D eigenvalue weighted by molar-refractivity contribution is 7.91. The van der Waals surface area contributed by atoms with Crippen LogP contribution in [-0.4, -0.2) is 38.0 Å². The van der Waals surface area contributed by atoms with Crippen molar-refractivity contribution >= 4 is 27.3 Å². The van der Waals surface area contributed by atoms with Gasteiger partial charge >= 0.3 is 0 Å². The molecule has 6 heteroatoms. The average Bonchev–Trinajstić information content (AvgIpc) is 2.68. The largest absolute Gasteiger partial charge is 0.355 e. The van der Waals surface area contributed by atoms with Crippen LogP contribution in [0.5, 0.6) is 0 Å². The molecule has 1 aromatic heterocycles. The topological polar surface area (TPSA) is 50.3 Å². The van der Waals surface area contributed by atoms with Crippen LogP contribution in [0.4, 0.5) is 5.82 Å². The summed E-state index contributed by atoms with van der Waals surface area (Å²) in [4.78, 5) is 6.52. The summed E-state index contributed by atoms with van der Waals surface area (Å²) < 4.78 is 23.2. The molecule has 0 N–H and O–H groups in total. The van der Waals surface area contributed by atoms with E-state index < -0.39 is 9.84 Å². The summed E-state index contributed by atoms with van der Waals surface area (Å²) in [6.45, 7) is 3.95. The van der Waals surface area contributed by atoms with E-state index >= 15 is 0 Å². The van der Waals surface area contributed by atoms with Crippen LogP contribution >= 0.6 is 11.6 Å². The van der Waals surface area contributed by atoms with E-state index in [1.54, 1.807) is 0 Å². The summed E-state index contributed by atoms with van der Waals surface area (Å²) in [5.74, 6) is 1.68. The molecule has 0 saturated carbocycles. The molecule has 0 spiro atoms. The fourth-order valence-electron chi connectivity index (χ4n) is 2.55. The minimum atomic E-state index is -2.89. The number of aromatic nitrogens is 1. The second kappa shape index (κ2) is 5.29. The van der Waals surface area contributed by atoms with Gasteiger partial charge in [-0.1, -0.05) is 0 Å². The van der Waals surface area contributed by atoms with E-state index in [0.29, 0.717) is 12.3 Å². The van der Waals surface area contributed by atoms with Crippen LogP contribution in [-0.2, 0) is 15.7 Å². The van der Waals surface area contributed by atoms with Gasteiger partial charge in [-0.3, -0.25) is 0 Å². The summed E-state index contributed by atoms with van der Waals surface area (Å²) in [7, 11) is -0.985. The SMILES string of the molecule is Cc1cc(C)c(CCl)c(N(C)C2CCS(=O)(=O)C2)n1. The summed E-state index contributed by atoms with van der Waals surface area (Å²) in [5, 5.41) is 0. The zero-order chi connectivity index (χ0) is 14.2. The maximum absolute atomic E-state index is 11.6. The number of aryl methyl sites for hydroxylation is 2. The molecule has 106 valence electrons. The molecule has 19 heavy (non-hydrogen) atoms. The molecule has 1 atom stereocenters. The lowest BCUT2D eigenvalue weighted by molar-refractivity contribution is 0.600. The van der Waals surface area contributed by atoms with Gasteiger partial charge in [0.2, 0.25) is 0 Å². The van der Waals surface area contributed by atoms with Crippen LogP contribution < -0.4 is 4.90 Å². The van der Waals surface area contributed by atoms with Crippen molar-refractivity contribution in [2.24, 2.45) is 0 Å². The van der Waals surface area contributed by atoms with Gasteiger partial charge in [0.1, 0.15) is 5.82 Å². The Hall–Kier alpha value is -0.810. The molecule has 1 unspecified atom stereocenters. The normalized spacial score (nSPS) is 21.6. The van der Waals surface area contributed by atoms with Gasteiger partial charge in [0.25, 0.3) is 0 Å². The number of rotatable bonds is 3. The second-order valence-corrected chi connectivity index (χ2v) is 7.68. The van der Waals surface area contributed by atoms with Gasteiger partial charge in [-0.15, -0.1) is 11.6 Å². The summed E-state index contributed by atoms with van der Waals surface area (Å²) in [6, 6.07) is 2.00. The van der Waals surface area contributed by atoms with Gasteiger partial charge in [-0.25, -0.2) is 13.4 Å². The van der Waals surface area contributed by atoms with Gasteiger partial charge in [0, 0.05) is 24.3 Å². The van der Waals surface area contributed by atoms with Crippen LogP contribution in [0.15, 0.2) is 6.07 Å². The van der Waals surface area contributed by atoms with Crippen LogP contribution in [0.3, 0.4) is 0 Å². The van der Waals surface area contributed by atoms with Gasteiger partial charge in [0.15, 0.2) is 9.84 Å². The van der Waals surface area contributed by atoms with Gasteiger partial charge in [-0.2, -0.15) is 0 Å². The Morgan fingerprint density at radius 1 is 1.47 bits per heavy atom. The number of pyridine rings is 1. The first kappa shape index (κ1) is 14.6. The van der Waals surface area contributed by atoms with E-state index in [2.05, 4.69) is 4.98 Å². The minimum Gasteiger partial charge on any atom is -0.355 e. The van der Waals surface area contributed by atoms with E-state index in [1.165, 1.54) is 0 Å². The fourth-order valence-corrected chi connectivity index (χ4v) is 4.66. The number of halogens is 1. The van der Waals surface area contributed by atoms with Gasteiger partial charge in [-0.05, 0) is 31.9 Å². The standard InChI is InChI=1S/C13H19ClN2O2S/c1-9-6-10(2)15-13(12(9)7-14)16(3)11-4-5-19(17,18)8-11/h6,11H,4-5,7-8H2,1-3H3. The Labute approximate surface area is 119 Å². The Morgan fingerprint density at radius 3 is 2.68 bits per heavy atom. The molecular formula is C13H19ClN2O2S. The number of anilines is 1. The molecule has 1 aromatic rings. The highest BCUT2D eigenvalue weighted by Gasteiger charge is 2.32. The van der Waals surface area contributed by atoms with Crippen LogP contribution in [0.1, 0.15) is 23.2 Å². The zero-order valence-electron chi connectivity index (χ0n) is 11.5. The van der Waals surface area contributed by atoms with E-state index in [-0.39, 0.29) is 17.5 Å². The molecule has 2 rings (SSSR count). The van der Waals surface area contributed by atoms with Crippen molar-refractivity contribution in [1.29, 1.82) is 0 Å². The van der Waals surface area contributed by atoms with Crippen LogP contribution in [0, 0.1) is 13.8 Å². The second-order valence-electron chi connectivity index (χ2n) is 5.18. The summed E-state index contributed by atoms with van der Waals surface area (Å²) >= 11 is 6.01. The average molecular weight is 303 g/mol. The molecule has 0 aromatic carbocycles. The quantitative estimate of drug-likeness (QED) is 0.802. The molecule has 1 aliphatic heterocycles. The predicted octanol–water partition coefficient (Wildman–Crippen LogP) is 2.06. The highest BCUT2D eigenvalue weighted by Crippen LogP contribution is 2.28. The number of hydrogen-bond acceptors (Lipinski definition) is 4. The number of nitrogens with zero attached hydrogens (tertiary/aromatic N) is 2. The first-order chi connectivity index (χ1) is 8.84. The van der Waals surface area contributed by atoms with Crippen molar-refractivity contribution in [3.05, 3.63) is 22.9 Å². The first-order valence-electron chi connectivity index (χ1n) is 6.30. The van der Waals surface area contributed by atoms with Crippen molar-refractivity contribution in [1.82, 2.24) is 4.98 Å². The molecule has 0 amide bonds. The molecule has 0 aliphatic carbocycles. The van der Waals surface area contributed by atoms with E-state index in [4.69, 9.17) is 11.6 Å². The molecule has 2 heterocycles. The molecule has 1 aliphatic rings. The fraction of sp³-hybridized carbons (Fsp3) is 0.615. The van der Waals surface area contributed by atoms with E-state index in [1.807, 2.05) is 31.9 Å². The Balaban J connectivity index is 2.36. The third-order valence-corrected chi connectivity index (χ3v) is 5.70. The maximum Gasteiger partial charge on any atom is 0.152 e. The van der Waals surface area contributed by atoms with Crippen molar-refractivity contribution in [2.75, 3.05) is 23.5 Å². The lowest BCUT2D eigenvalue weighted by Gasteiger charge is -2.27. The maximum atomic E-state index is 11.6. The molecule has 4 nitrogen and oxygen atoms in total. The number of hydrogen-bond donors (Lipinski definition) is 0. The zero-order valence-corrected chi connectivity index (χ0v) is 13.1. The summed E-state index contributed by atoms with van der Waals surface area (Å²) in [5.41, 5.74) is 3.01. The van der Waals surface area contributed by atoms with Crippen molar-refractivity contribution < 1.29 is 8.42 Å². The molecule has 1 fully saturated rings. The molecule has 0 bridgehead atoms. The van der Waals surface area contributed by atoms with Crippen molar-refractivity contribution in [2.45, 2.75) is 32.2 Å². The molecule has 0 radical (unpaired) electrons. The van der Waals surface area contributed by atoms with E-state index in [0.717, 1.165) is 22.6 Å². The van der Waals surface area contributed by atoms with Crippen molar-refractivity contribution in [3.8, 4) is 0 Å². The third-order valence-electron chi connectivity index (χ3n) is 3.68. The van der Waals surface area contributed by atoms with Crippen LogP contribution in [0.25, 0.3) is 0 Å². The van der Waals surface area contributed by atoms with Crippen LogP contribution in [0.2, 0.25) is 0 Å². The smallest absolute Gasteiger partial charge is 0.152 e. The predicted molar refractivity (Wildman–Crippen MR) is 78.7 cm³/mol.